The van der Waals surface area contributed by atoms with Gasteiger partial charge in [0.2, 0.25) is 0 Å². The smallest absolute Gasteiger partial charge is 0.261 e. The van der Waals surface area contributed by atoms with E-state index >= 15 is 0 Å². The van der Waals surface area contributed by atoms with Crippen LogP contribution in [0.5, 0.6) is 0 Å². The maximum absolute atomic E-state index is 12.6. The van der Waals surface area contributed by atoms with Crippen LogP contribution in [-0.4, -0.2) is 44.9 Å². The van der Waals surface area contributed by atoms with Gasteiger partial charge in [0.25, 0.3) is 15.9 Å². The minimum absolute atomic E-state index is 0.125. The van der Waals surface area contributed by atoms with Gasteiger partial charge in [-0.15, -0.1) is 0 Å². The number of likely N-dealkylation sites (tertiary alicyclic amines) is 1. The molecule has 2 aromatic rings. The van der Waals surface area contributed by atoms with Crippen molar-refractivity contribution in [2.75, 3.05) is 24.4 Å². The van der Waals surface area contributed by atoms with E-state index in [4.69, 9.17) is 0 Å². The fourth-order valence-electron chi connectivity index (χ4n) is 3.66. The molecule has 29 heavy (non-hydrogen) atoms. The van der Waals surface area contributed by atoms with Gasteiger partial charge in [-0.1, -0.05) is 13.0 Å². The maximum Gasteiger partial charge on any atom is 0.261 e. The summed E-state index contributed by atoms with van der Waals surface area (Å²) in [4.78, 5) is 14.9. The lowest BCUT2D eigenvalue weighted by molar-refractivity contribution is 0.0941. The largest absolute Gasteiger partial charge is 0.350 e. The summed E-state index contributed by atoms with van der Waals surface area (Å²) in [6, 6.07) is 11.8. The zero-order valence-electron chi connectivity index (χ0n) is 17.2. The number of hydrogen-bond donors (Lipinski definition) is 2. The number of aryl methyl sites for hydroxylation is 2. The number of likely N-dealkylation sites (N-methyl/N-ethyl adjacent to an activating group) is 1. The lowest BCUT2D eigenvalue weighted by atomic mass is 10.1. The number of carbonyl (C=O) groups excluding carboxylic acids is 1. The first-order valence-corrected chi connectivity index (χ1v) is 11.5. The van der Waals surface area contributed by atoms with Crippen LogP contribution >= 0.6 is 0 Å². The van der Waals surface area contributed by atoms with Crippen molar-refractivity contribution in [2.24, 2.45) is 0 Å². The summed E-state index contributed by atoms with van der Waals surface area (Å²) < 4.78 is 27.9. The Labute approximate surface area is 173 Å². The maximum atomic E-state index is 12.6. The van der Waals surface area contributed by atoms with Crippen molar-refractivity contribution < 1.29 is 13.2 Å². The SMILES string of the molecule is CCN1CCCC1CNC(=O)c1ccc(S(=O)(=O)Nc2ccc(C)c(C)c2)cc1. The molecule has 7 heteroatoms. The van der Waals surface area contributed by atoms with Gasteiger partial charge in [0.1, 0.15) is 0 Å². The molecule has 1 unspecified atom stereocenters. The standard InChI is InChI=1S/C22H29N3O3S/c1-4-25-13-5-6-20(25)15-23-22(26)18-8-11-21(12-9-18)29(27,28)24-19-10-7-16(2)17(3)14-19/h7-12,14,20,24H,4-6,13,15H2,1-3H3,(H,23,26). The Morgan fingerprint density at radius 1 is 1.10 bits per heavy atom. The van der Waals surface area contributed by atoms with Crippen molar-refractivity contribution >= 4 is 21.6 Å². The number of amides is 1. The third-order valence-electron chi connectivity index (χ3n) is 5.59. The molecule has 1 fully saturated rings. The molecule has 2 aromatic carbocycles. The molecule has 1 heterocycles. The number of anilines is 1. The first kappa shape index (κ1) is 21.3. The summed E-state index contributed by atoms with van der Waals surface area (Å²) in [5, 5.41) is 2.97. The molecule has 2 N–H and O–H groups in total. The van der Waals surface area contributed by atoms with E-state index in [-0.39, 0.29) is 10.8 Å². The topological polar surface area (TPSA) is 78.5 Å². The Bertz CT molecular complexity index is 971. The molecule has 1 aliphatic rings. The van der Waals surface area contributed by atoms with Crippen molar-refractivity contribution in [1.82, 2.24) is 10.2 Å². The molecule has 0 radical (unpaired) electrons. The van der Waals surface area contributed by atoms with Crippen LogP contribution in [0.1, 0.15) is 41.3 Å². The Balaban J connectivity index is 1.63. The molecular weight excluding hydrogens is 386 g/mol. The number of hydrogen-bond acceptors (Lipinski definition) is 4. The first-order chi connectivity index (χ1) is 13.8. The average molecular weight is 416 g/mol. The van der Waals surface area contributed by atoms with E-state index < -0.39 is 10.0 Å². The molecule has 0 aromatic heterocycles. The molecule has 156 valence electrons. The summed E-state index contributed by atoms with van der Waals surface area (Å²) in [5.74, 6) is -0.181. The van der Waals surface area contributed by atoms with Gasteiger partial charge >= 0.3 is 0 Å². The lowest BCUT2D eigenvalue weighted by Gasteiger charge is -2.22. The molecule has 1 saturated heterocycles. The number of sulfonamides is 1. The highest BCUT2D eigenvalue weighted by molar-refractivity contribution is 7.92. The molecular formula is C22H29N3O3S. The van der Waals surface area contributed by atoms with E-state index in [1.165, 1.54) is 12.1 Å². The molecule has 0 aliphatic carbocycles. The van der Waals surface area contributed by atoms with Crippen LogP contribution in [0.4, 0.5) is 5.69 Å². The lowest BCUT2D eigenvalue weighted by Crippen LogP contribution is -2.40. The molecule has 6 nitrogen and oxygen atoms in total. The summed E-state index contributed by atoms with van der Waals surface area (Å²) >= 11 is 0. The Morgan fingerprint density at radius 2 is 1.83 bits per heavy atom. The average Bonchev–Trinajstić information content (AvgIpc) is 3.16. The van der Waals surface area contributed by atoms with Crippen LogP contribution < -0.4 is 10.0 Å². The van der Waals surface area contributed by atoms with Crippen LogP contribution in [0, 0.1) is 13.8 Å². The van der Waals surface area contributed by atoms with Crippen molar-refractivity contribution in [1.29, 1.82) is 0 Å². The van der Waals surface area contributed by atoms with E-state index in [1.54, 1.807) is 24.3 Å². The number of nitrogens with one attached hydrogen (secondary N) is 2. The molecule has 0 bridgehead atoms. The van der Waals surface area contributed by atoms with Crippen molar-refractivity contribution in [3.05, 3.63) is 59.2 Å². The van der Waals surface area contributed by atoms with Gasteiger partial charge in [-0.2, -0.15) is 0 Å². The van der Waals surface area contributed by atoms with Crippen molar-refractivity contribution in [3.63, 3.8) is 0 Å². The quantitative estimate of drug-likeness (QED) is 0.727. The Kier molecular flexibility index (Phi) is 6.59. The normalized spacial score (nSPS) is 17.3. The van der Waals surface area contributed by atoms with Crippen LogP contribution in [-0.2, 0) is 10.0 Å². The van der Waals surface area contributed by atoms with Gasteiger partial charge in [-0.3, -0.25) is 14.4 Å². The monoisotopic (exact) mass is 415 g/mol. The molecule has 3 rings (SSSR count). The van der Waals surface area contributed by atoms with Gasteiger partial charge in [0.05, 0.1) is 4.90 Å². The van der Waals surface area contributed by atoms with Gasteiger partial charge in [-0.25, -0.2) is 8.42 Å². The minimum atomic E-state index is -3.71. The number of nitrogens with zero attached hydrogens (tertiary/aromatic N) is 1. The fourth-order valence-corrected chi connectivity index (χ4v) is 4.71. The van der Waals surface area contributed by atoms with Crippen LogP contribution in [0.3, 0.4) is 0 Å². The predicted octanol–water partition coefficient (Wildman–Crippen LogP) is 3.32. The van der Waals surface area contributed by atoms with Gasteiger partial charge < -0.3 is 5.32 Å². The van der Waals surface area contributed by atoms with Crippen LogP contribution in [0.15, 0.2) is 47.4 Å². The van der Waals surface area contributed by atoms with E-state index in [9.17, 15) is 13.2 Å². The van der Waals surface area contributed by atoms with Gasteiger partial charge in [-0.05, 0) is 87.3 Å². The highest BCUT2D eigenvalue weighted by Crippen LogP contribution is 2.20. The number of rotatable bonds is 7. The third kappa shape index (κ3) is 5.16. The van der Waals surface area contributed by atoms with Gasteiger partial charge in [0.15, 0.2) is 0 Å². The Hall–Kier alpha value is -2.38. The predicted molar refractivity (Wildman–Crippen MR) is 116 cm³/mol. The van der Waals surface area contributed by atoms with E-state index in [1.807, 2.05) is 19.9 Å². The highest BCUT2D eigenvalue weighted by Gasteiger charge is 2.23. The zero-order valence-corrected chi connectivity index (χ0v) is 18.1. The molecule has 0 saturated carbocycles. The molecule has 1 atom stereocenters. The van der Waals surface area contributed by atoms with E-state index in [2.05, 4.69) is 21.9 Å². The summed E-state index contributed by atoms with van der Waals surface area (Å²) in [6.07, 6.45) is 2.25. The fraction of sp³-hybridized carbons (Fsp3) is 0.409. The summed E-state index contributed by atoms with van der Waals surface area (Å²) in [7, 11) is -3.71. The summed E-state index contributed by atoms with van der Waals surface area (Å²) in [6.45, 7) is 8.72. The molecule has 1 amide bonds. The van der Waals surface area contributed by atoms with Crippen molar-refractivity contribution in [3.8, 4) is 0 Å². The third-order valence-corrected chi connectivity index (χ3v) is 6.99. The zero-order chi connectivity index (χ0) is 21.0. The summed E-state index contributed by atoms with van der Waals surface area (Å²) in [5.41, 5.74) is 3.09. The molecule has 0 spiro atoms. The highest BCUT2D eigenvalue weighted by atomic mass is 32.2. The van der Waals surface area contributed by atoms with Gasteiger partial charge in [0, 0.05) is 23.8 Å². The van der Waals surface area contributed by atoms with Crippen LogP contribution in [0.2, 0.25) is 0 Å². The minimum Gasteiger partial charge on any atom is -0.350 e. The number of benzene rings is 2. The first-order valence-electron chi connectivity index (χ1n) is 10.0. The number of carbonyl (C=O) groups is 1. The second kappa shape index (κ2) is 8.97. The molecule has 1 aliphatic heterocycles. The van der Waals surface area contributed by atoms with E-state index in [0.29, 0.717) is 23.8 Å². The van der Waals surface area contributed by atoms with Crippen molar-refractivity contribution in [2.45, 2.75) is 44.6 Å². The second-order valence-corrected chi connectivity index (χ2v) is 9.25. The second-order valence-electron chi connectivity index (χ2n) is 7.56. The Morgan fingerprint density at radius 3 is 2.48 bits per heavy atom. The van der Waals surface area contributed by atoms with E-state index in [0.717, 1.165) is 37.1 Å². The van der Waals surface area contributed by atoms with Crippen LogP contribution in [0.25, 0.3) is 0 Å².